The van der Waals surface area contributed by atoms with E-state index >= 15 is 0 Å². The summed E-state index contributed by atoms with van der Waals surface area (Å²) in [5, 5.41) is 12.5. The first-order valence-electron chi connectivity index (χ1n) is 6.27. The van der Waals surface area contributed by atoms with Gasteiger partial charge in [-0.05, 0) is 48.4 Å². The molecule has 1 unspecified atom stereocenters. The monoisotopic (exact) mass is 288 g/mol. The summed E-state index contributed by atoms with van der Waals surface area (Å²) >= 11 is 5.82. The predicted molar refractivity (Wildman–Crippen MR) is 77.8 cm³/mol. The lowest BCUT2D eigenvalue weighted by molar-refractivity contribution is 0.569. The number of nitrogens with zero attached hydrogens (tertiary/aromatic N) is 1. The van der Waals surface area contributed by atoms with Crippen molar-refractivity contribution in [2.45, 2.75) is 19.5 Å². The Morgan fingerprint density at radius 2 is 1.95 bits per heavy atom. The summed E-state index contributed by atoms with van der Waals surface area (Å²) in [6.45, 7) is 2.54. The molecule has 0 aliphatic carbocycles. The van der Waals surface area contributed by atoms with Gasteiger partial charge in [0.15, 0.2) is 0 Å². The zero-order chi connectivity index (χ0) is 14.5. The van der Waals surface area contributed by atoms with E-state index in [0.29, 0.717) is 17.1 Å². The molecule has 2 nitrogen and oxygen atoms in total. The van der Waals surface area contributed by atoms with Gasteiger partial charge in [-0.25, -0.2) is 4.39 Å². The fourth-order valence-electron chi connectivity index (χ4n) is 1.95. The molecular weight excluding hydrogens is 275 g/mol. The molecule has 2 aromatic carbocycles. The summed E-state index contributed by atoms with van der Waals surface area (Å²) < 4.78 is 13.2. The second-order valence-electron chi connectivity index (χ2n) is 4.61. The standard InChI is InChI=1S/C16H14ClFN2/c1-11(14-4-2-12(9-19)3-5-14)20-10-13-6-15(17)8-16(18)7-13/h2-8,11,20H,10H2,1H3. The highest BCUT2D eigenvalue weighted by Crippen LogP contribution is 2.17. The average molecular weight is 289 g/mol. The molecule has 0 aliphatic rings. The van der Waals surface area contributed by atoms with Gasteiger partial charge in [0.2, 0.25) is 0 Å². The van der Waals surface area contributed by atoms with Crippen molar-refractivity contribution in [2.75, 3.05) is 0 Å². The second-order valence-corrected chi connectivity index (χ2v) is 5.05. The maximum atomic E-state index is 13.2. The summed E-state index contributed by atoms with van der Waals surface area (Å²) in [6.07, 6.45) is 0. The van der Waals surface area contributed by atoms with Gasteiger partial charge in [-0.15, -0.1) is 0 Å². The largest absolute Gasteiger partial charge is 0.306 e. The molecule has 0 bridgehead atoms. The number of hydrogen-bond donors (Lipinski definition) is 1. The van der Waals surface area contributed by atoms with Crippen molar-refractivity contribution in [2.24, 2.45) is 0 Å². The molecule has 0 saturated carbocycles. The molecule has 2 rings (SSSR count). The zero-order valence-corrected chi connectivity index (χ0v) is 11.8. The van der Waals surface area contributed by atoms with E-state index in [1.165, 1.54) is 12.1 Å². The molecule has 1 atom stereocenters. The number of rotatable bonds is 4. The Labute approximate surface area is 122 Å². The van der Waals surface area contributed by atoms with Crippen LogP contribution in [0.2, 0.25) is 5.02 Å². The first-order valence-corrected chi connectivity index (χ1v) is 6.64. The van der Waals surface area contributed by atoms with Crippen molar-refractivity contribution >= 4 is 11.6 Å². The van der Waals surface area contributed by atoms with E-state index in [1.54, 1.807) is 18.2 Å². The quantitative estimate of drug-likeness (QED) is 0.915. The molecule has 0 aliphatic heterocycles. The first kappa shape index (κ1) is 14.5. The van der Waals surface area contributed by atoms with Crippen LogP contribution in [0.25, 0.3) is 0 Å². The summed E-state index contributed by atoms with van der Waals surface area (Å²) in [5.41, 5.74) is 2.51. The van der Waals surface area contributed by atoms with E-state index in [1.807, 2.05) is 19.1 Å². The number of hydrogen-bond acceptors (Lipinski definition) is 2. The zero-order valence-electron chi connectivity index (χ0n) is 11.0. The predicted octanol–water partition coefficient (Wildman–Crippen LogP) is 4.20. The molecule has 20 heavy (non-hydrogen) atoms. The number of halogens is 2. The van der Waals surface area contributed by atoms with Gasteiger partial charge in [0, 0.05) is 17.6 Å². The minimum absolute atomic E-state index is 0.102. The van der Waals surface area contributed by atoms with E-state index in [-0.39, 0.29) is 11.9 Å². The third kappa shape index (κ3) is 3.80. The Morgan fingerprint density at radius 1 is 1.25 bits per heavy atom. The molecule has 4 heteroatoms. The van der Waals surface area contributed by atoms with Gasteiger partial charge in [-0.1, -0.05) is 23.7 Å². The molecule has 0 amide bonds. The van der Waals surface area contributed by atoms with Gasteiger partial charge < -0.3 is 5.32 Å². The topological polar surface area (TPSA) is 35.8 Å². The van der Waals surface area contributed by atoms with E-state index in [2.05, 4.69) is 11.4 Å². The van der Waals surface area contributed by atoms with E-state index in [9.17, 15) is 4.39 Å². The average Bonchev–Trinajstić information content (AvgIpc) is 2.44. The summed E-state index contributed by atoms with van der Waals surface area (Å²) in [7, 11) is 0. The van der Waals surface area contributed by atoms with Crippen LogP contribution in [0.4, 0.5) is 4.39 Å². The summed E-state index contributed by atoms with van der Waals surface area (Å²) in [4.78, 5) is 0. The highest BCUT2D eigenvalue weighted by molar-refractivity contribution is 6.30. The third-order valence-electron chi connectivity index (χ3n) is 3.07. The molecule has 0 saturated heterocycles. The fraction of sp³-hybridized carbons (Fsp3) is 0.188. The highest BCUT2D eigenvalue weighted by atomic mass is 35.5. The Balaban J connectivity index is 2.00. The highest BCUT2D eigenvalue weighted by Gasteiger charge is 2.06. The third-order valence-corrected chi connectivity index (χ3v) is 3.29. The van der Waals surface area contributed by atoms with Gasteiger partial charge in [0.1, 0.15) is 5.82 Å². The molecule has 0 spiro atoms. The van der Waals surface area contributed by atoms with Crippen molar-refractivity contribution in [1.82, 2.24) is 5.32 Å². The van der Waals surface area contributed by atoms with Crippen LogP contribution in [0, 0.1) is 17.1 Å². The van der Waals surface area contributed by atoms with Crippen molar-refractivity contribution < 1.29 is 4.39 Å². The van der Waals surface area contributed by atoms with Crippen molar-refractivity contribution in [1.29, 1.82) is 5.26 Å². The SMILES string of the molecule is CC(NCc1cc(F)cc(Cl)c1)c1ccc(C#N)cc1. The van der Waals surface area contributed by atoms with Gasteiger partial charge in [-0.2, -0.15) is 5.26 Å². The molecule has 0 radical (unpaired) electrons. The Morgan fingerprint density at radius 3 is 2.55 bits per heavy atom. The normalized spacial score (nSPS) is 11.9. The smallest absolute Gasteiger partial charge is 0.125 e. The van der Waals surface area contributed by atoms with Crippen LogP contribution < -0.4 is 5.32 Å². The molecule has 0 aromatic heterocycles. The lowest BCUT2D eigenvalue weighted by Gasteiger charge is -2.14. The number of nitriles is 1. The molecule has 1 N–H and O–H groups in total. The Kier molecular flexibility index (Phi) is 4.73. The van der Waals surface area contributed by atoms with Crippen molar-refractivity contribution in [3.05, 3.63) is 70.0 Å². The van der Waals surface area contributed by atoms with E-state index in [4.69, 9.17) is 16.9 Å². The number of nitrogens with one attached hydrogen (secondary N) is 1. The minimum atomic E-state index is -0.333. The Hall–Kier alpha value is -1.89. The minimum Gasteiger partial charge on any atom is -0.306 e. The molecule has 102 valence electrons. The molecule has 2 aromatic rings. The van der Waals surface area contributed by atoms with Crippen LogP contribution in [0.5, 0.6) is 0 Å². The van der Waals surface area contributed by atoms with E-state index < -0.39 is 0 Å². The van der Waals surface area contributed by atoms with Crippen molar-refractivity contribution in [3.8, 4) is 6.07 Å². The molecular formula is C16H14ClFN2. The van der Waals surface area contributed by atoms with Gasteiger partial charge >= 0.3 is 0 Å². The molecule has 0 fully saturated rings. The van der Waals surface area contributed by atoms with Gasteiger partial charge in [0.05, 0.1) is 11.6 Å². The Bertz CT molecular complexity index is 612. The first-order chi connectivity index (χ1) is 9.58. The van der Waals surface area contributed by atoms with E-state index in [0.717, 1.165) is 11.1 Å². The second kappa shape index (κ2) is 6.51. The maximum Gasteiger partial charge on any atom is 0.125 e. The van der Waals surface area contributed by atoms with Crippen LogP contribution in [0.1, 0.15) is 29.7 Å². The van der Waals surface area contributed by atoms with Gasteiger partial charge in [0.25, 0.3) is 0 Å². The van der Waals surface area contributed by atoms with Crippen LogP contribution in [0.3, 0.4) is 0 Å². The number of benzene rings is 2. The van der Waals surface area contributed by atoms with Crippen LogP contribution in [-0.4, -0.2) is 0 Å². The lowest BCUT2D eigenvalue weighted by atomic mass is 10.1. The van der Waals surface area contributed by atoms with Crippen LogP contribution in [-0.2, 0) is 6.54 Å². The lowest BCUT2D eigenvalue weighted by Crippen LogP contribution is -2.18. The van der Waals surface area contributed by atoms with Crippen LogP contribution >= 0.6 is 11.6 Å². The summed E-state index contributed by atoms with van der Waals surface area (Å²) in [5.74, 6) is -0.333. The maximum absolute atomic E-state index is 13.2. The fourth-order valence-corrected chi connectivity index (χ4v) is 2.19. The van der Waals surface area contributed by atoms with Gasteiger partial charge in [-0.3, -0.25) is 0 Å². The molecule has 0 heterocycles. The van der Waals surface area contributed by atoms with Crippen LogP contribution in [0.15, 0.2) is 42.5 Å². The summed E-state index contributed by atoms with van der Waals surface area (Å²) in [6, 6.07) is 14.1. The van der Waals surface area contributed by atoms with Crippen molar-refractivity contribution in [3.63, 3.8) is 0 Å².